The van der Waals surface area contributed by atoms with Crippen molar-refractivity contribution in [1.82, 2.24) is 4.98 Å². The van der Waals surface area contributed by atoms with E-state index in [-0.39, 0.29) is 16.8 Å². The molecule has 1 aromatic carbocycles. The standard InChI is InChI=1S/C14H9F5N2O/c15-13(16,14(17,18)19)9-5-3-8(4-6-9)11-10(12(20)22)2-1-7-21-11/h1-7H,(H2,20,22). The lowest BCUT2D eigenvalue weighted by atomic mass is 10.0. The Bertz CT molecular complexity index is 695. The van der Waals surface area contributed by atoms with Gasteiger partial charge in [-0.2, -0.15) is 22.0 Å². The Labute approximate surface area is 121 Å². The van der Waals surface area contributed by atoms with Crippen molar-refractivity contribution < 1.29 is 26.7 Å². The molecule has 8 heteroatoms. The molecule has 0 aliphatic heterocycles. The maximum Gasteiger partial charge on any atom is 0.458 e. The van der Waals surface area contributed by atoms with E-state index < -0.39 is 23.6 Å². The van der Waals surface area contributed by atoms with Gasteiger partial charge >= 0.3 is 12.1 Å². The van der Waals surface area contributed by atoms with Gasteiger partial charge in [-0.3, -0.25) is 9.78 Å². The highest BCUT2D eigenvalue weighted by Gasteiger charge is 2.58. The molecular formula is C14H9F5N2O. The van der Waals surface area contributed by atoms with Gasteiger partial charge < -0.3 is 5.73 Å². The van der Waals surface area contributed by atoms with Crippen molar-refractivity contribution in [3.05, 3.63) is 53.7 Å². The average molecular weight is 316 g/mol. The maximum atomic E-state index is 13.2. The zero-order valence-corrected chi connectivity index (χ0v) is 10.9. The summed E-state index contributed by atoms with van der Waals surface area (Å²) < 4.78 is 63.2. The van der Waals surface area contributed by atoms with Crippen LogP contribution in [0.25, 0.3) is 11.3 Å². The van der Waals surface area contributed by atoms with Gasteiger partial charge in [-0.15, -0.1) is 0 Å². The topological polar surface area (TPSA) is 56.0 Å². The predicted octanol–water partition coefficient (Wildman–Crippen LogP) is 3.50. The first kappa shape index (κ1) is 15.9. The molecule has 2 N–H and O–H groups in total. The fraction of sp³-hybridized carbons (Fsp3) is 0.143. The molecule has 0 bridgehead atoms. The molecule has 0 spiro atoms. The Hall–Kier alpha value is -2.51. The fourth-order valence-corrected chi connectivity index (χ4v) is 1.84. The summed E-state index contributed by atoms with van der Waals surface area (Å²) >= 11 is 0. The van der Waals surface area contributed by atoms with Gasteiger partial charge in [0.2, 0.25) is 0 Å². The van der Waals surface area contributed by atoms with Gasteiger partial charge in [0, 0.05) is 17.3 Å². The van der Waals surface area contributed by atoms with Crippen molar-refractivity contribution in [2.75, 3.05) is 0 Å². The molecule has 116 valence electrons. The number of carbonyl (C=O) groups is 1. The minimum atomic E-state index is -5.68. The Morgan fingerprint density at radius 3 is 2.09 bits per heavy atom. The number of pyridine rings is 1. The molecule has 0 fully saturated rings. The number of rotatable bonds is 3. The monoisotopic (exact) mass is 316 g/mol. The van der Waals surface area contributed by atoms with Crippen molar-refractivity contribution in [1.29, 1.82) is 0 Å². The van der Waals surface area contributed by atoms with Crippen LogP contribution in [-0.4, -0.2) is 17.1 Å². The molecule has 0 aliphatic rings. The first-order valence-electron chi connectivity index (χ1n) is 5.95. The smallest absolute Gasteiger partial charge is 0.366 e. The fourth-order valence-electron chi connectivity index (χ4n) is 1.84. The quantitative estimate of drug-likeness (QED) is 0.881. The third-order valence-corrected chi connectivity index (χ3v) is 2.95. The van der Waals surface area contributed by atoms with E-state index in [0.29, 0.717) is 12.1 Å². The Kier molecular flexibility index (Phi) is 3.87. The van der Waals surface area contributed by atoms with Crippen LogP contribution in [0.3, 0.4) is 0 Å². The Morgan fingerprint density at radius 2 is 1.59 bits per heavy atom. The van der Waals surface area contributed by atoms with Gasteiger partial charge in [0.05, 0.1) is 11.3 Å². The number of benzene rings is 1. The highest BCUT2D eigenvalue weighted by Crippen LogP contribution is 2.44. The molecular weight excluding hydrogens is 307 g/mol. The van der Waals surface area contributed by atoms with Crippen LogP contribution in [0.1, 0.15) is 15.9 Å². The van der Waals surface area contributed by atoms with Crippen LogP contribution in [0, 0.1) is 0 Å². The third kappa shape index (κ3) is 2.76. The summed E-state index contributed by atoms with van der Waals surface area (Å²) in [5, 5.41) is 0. The number of aromatic nitrogens is 1. The summed E-state index contributed by atoms with van der Waals surface area (Å²) in [6.07, 6.45) is -4.34. The van der Waals surface area contributed by atoms with E-state index >= 15 is 0 Å². The zero-order valence-electron chi connectivity index (χ0n) is 10.9. The molecule has 0 saturated carbocycles. The first-order chi connectivity index (χ1) is 10.1. The molecule has 2 rings (SSSR count). The summed E-state index contributed by atoms with van der Waals surface area (Å²) in [7, 11) is 0. The van der Waals surface area contributed by atoms with Gasteiger partial charge in [-0.1, -0.05) is 24.3 Å². The lowest BCUT2D eigenvalue weighted by molar-refractivity contribution is -0.289. The number of hydrogen-bond donors (Lipinski definition) is 1. The molecule has 2 aromatic rings. The number of nitrogens with zero attached hydrogens (tertiary/aromatic N) is 1. The van der Waals surface area contributed by atoms with Crippen molar-refractivity contribution in [2.24, 2.45) is 5.73 Å². The average Bonchev–Trinajstić information content (AvgIpc) is 2.46. The molecule has 1 heterocycles. The van der Waals surface area contributed by atoms with E-state index in [1.54, 1.807) is 0 Å². The summed E-state index contributed by atoms with van der Waals surface area (Å²) in [4.78, 5) is 15.2. The SMILES string of the molecule is NC(=O)c1cccnc1-c1ccc(C(F)(F)C(F)(F)F)cc1. The van der Waals surface area contributed by atoms with Crippen LogP contribution in [0.4, 0.5) is 22.0 Å². The predicted molar refractivity (Wildman–Crippen MR) is 68.1 cm³/mol. The molecule has 0 saturated heterocycles. The lowest BCUT2D eigenvalue weighted by Gasteiger charge is -2.20. The molecule has 1 aromatic heterocycles. The van der Waals surface area contributed by atoms with Crippen molar-refractivity contribution >= 4 is 5.91 Å². The van der Waals surface area contributed by atoms with Crippen molar-refractivity contribution in [3.63, 3.8) is 0 Å². The number of hydrogen-bond acceptors (Lipinski definition) is 2. The molecule has 0 atom stereocenters. The Morgan fingerprint density at radius 1 is 1.00 bits per heavy atom. The number of carbonyl (C=O) groups excluding carboxylic acids is 1. The van der Waals surface area contributed by atoms with Crippen LogP contribution in [0.5, 0.6) is 0 Å². The summed E-state index contributed by atoms with van der Waals surface area (Å²) in [5.41, 5.74) is 4.32. The largest absolute Gasteiger partial charge is 0.458 e. The molecule has 0 aliphatic carbocycles. The van der Waals surface area contributed by atoms with E-state index in [0.717, 1.165) is 12.1 Å². The number of halogens is 5. The normalized spacial score (nSPS) is 12.2. The number of nitrogens with two attached hydrogens (primary N) is 1. The second-order valence-corrected chi connectivity index (χ2v) is 4.41. The molecule has 22 heavy (non-hydrogen) atoms. The minimum Gasteiger partial charge on any atom is -0.366 e. The minimum absolute atomic E-state index is 0.0397. The molecule has 0 unspecified atom stereocenters. The van der Waals surface area contributed by atoms with Crippen LogP contribution >= 0.6 is 0 Å². The van der Waals surface area contributed by atoms with Gasteiger partial charge in [-0.25, -0.2) is 0 Å². The van der Waals surface area contributed by atoms with Gasteiger partial charge in [0.1, 0.15) is 0 Å². The molecule has 1 amide bonds. The van der Waals surface area contributed by atoms with E-state index in [4.69, 9.17) is 5.73 Å². The van der Waals surface area contributed by atoms with Crippen LogP contribution < -0.4 is 5.73 Å². The zero-order chi connectivity index (χ0) is 16.5. The van der Waals surface area contributed by atoms with Crippen molar-refractivity contribution in [2.45, 2.75) is 12.1 Å². The van der Waals surface area contributed by atoms with Gasteiger partial charge in [0.25, 0.3) is 5.91 Å². The highest BCUT2D eigenvalue weighted by atomic mass is 19.4. The van der Waals surface area contributed by atoms with E-state index in [1.165, 1.54) is 18.3 Å². The number of amides is 1. The van der Waals surface area contributed by atoms with E-state index in [9.17, 15) is 26.7 Å². The maximum absolute atomic E-state index is 13.2. The van der Waals surface area contributed by atoms with Crippen molar-refractivity contribution in [3.8, 4) is 11.3 Å². The number of primary amides is 1. The van der Waals surface area contributed by atoms with Crippen LogP contribution in [-0.2, 0) is 5.92 Å². The van der Waals surface area contributed by atoms with Crippen LogP contribution in [0.2, 0.25) is 0 Å². The molecule has 0 radical (unpaired) electrons. The lowest BCUT2D eigenvalue weighted by Crippen LogP contribution is -2.33. The van der Waals surface area contributed by atoms with E-state index in [2.05, 4.69) is 4.98 Å². The van der Waals surface area contributed by atoms with Gasteiger partial charge in [0.15, 0.2) is 0 Å². The molecule has 3 nitrogen and oxygen atoms in total. The second kappa shape index (κ2) is 5.36. The summed E-state index contributed by atoms with van der Waals surface area (Å²) in [6.45, 7) is 0. The van der Waals surface area contributed by atoms with E-state index in [1.807, 2.05) is 0 Å². The second-order valence-electron chi connectivity index (χ2n) is 4.41. The third-order valence-electron chi connectivity index (χ3n) is 2.95. The first-order valence-corrected chi connectivity index (χ1v) is 5.95. The summed E-state index contributed by atoms with van der Waals surface area (Å²) in [5.74, 6) is -5.74. The van der Waals surface area contributed by atoms with Gasteiger partial charge in [-0.05, 0) is 12.1 Å². The highest BCUT2D eigenvalue weighted by molar-refractivity contribution is 5.98. The van der Waals surface area contributed by atoms with Crippen LogP contribution in [0.15, 0.2) is 42.6 Å². The number of alkyl halides is 5. The Balaban J connectivity index is 2.45. The summed E-state index contributed by atoms with van der Waals surface area (Å²) in [6, 6.07) is 6.18.